The highest BCUT2D eigenvalue weighted by molar-refractivity contribution is 5.97. The minimum Gasteiger partial charge on any atom is -0.497 e. The van der Waals surface area contributed by atoms with Crippen molar-refractivity contribution in [2.45, 2.75) is 80.1 Å². The zero-order valence-corrected chi connectivity index (χ0v) is 70.8. The number of aryl methyl sites for hydroxylation is 7. The van der Waals surface area contributed by atoms with E-state index in [2.05, 4.69) is 215 Å². The number of nitrogens with one attached hydrogen (secondary N) is 11. The number of pyridine rings is 7. The van der Waals surface area contributed by atoms with Gasteiger partial charge in [-0.15, -0.1) is 0 Å². The zero-order valence-electron chi connectivity index (χ0n) is 70.8. The van der Waals surface area contributed by atoms with Gasteiger partial charge in [-0.1, -0.05) is 66.7 Å². The monoisotopic (exact) mass is 1670 g/mol. The third-order valence-corrected chi connectivity index (χ3v) is 21.3. The molecule has 21 rings (SSSR count). The normalized spacial score (nSPS) is 12.0. The molecule has 1 aliphatic rings. The first-order chi connectivity index (χ1) is 61.1. The highest BCUT2D eigenvalue weighted by Gasteiger charge is 2.22. The molecular weight excluding hydrogens is 1570 g/mol. The third-order valence-electron chi connectivity index (χ3n) is 21.3. The van der Waals surface area contributed by atoms with E-state index in [4.69, 9.17) is 9.47 Å². The van der Waals surface area contributed by atoms with E-state index in [-0.39, 0.29) is 0 Å². The van der Waals surface area contributed by atoms with E-state index in [9.17, 15) is 0 Å². The zero-order chi connectivity index (χ0) is 86.1. The number of hydrogen-bond acceptors (Lipinski definition) is 25. The molecule has 1 saturated heterocycles. The van der Waals surface area contributed by atoms with Gasteiger partial charge < -0.3 is 41.0 Å². The molecule has 5 aromatic carbocycles. The largest absolute Gasteiger partial charge is 0.497 e. The lowest BCUT2D eigenvalue weighted by Gasteiger charge is -2.32. The van der Waals surface area contributed by atoms with Crippen LogP contribution >= 0.6 is 0 Å². The van der Waals surface area contributed by atoms with Crippen LogP contribution in [0.15, 0.2) is 238 Å². The number of methoxy groups -OCH3 is 2. The molecule has 33 nitrogen and oxygen atoms in total. The number of H-pyrrole nitrogens is 6. The van der Waals surface area contributed by atoms with Gasteiger partial charge in [-0.2, -0.15) is 40.8 Å². The maximum absolute atomic E-state index is 5.41. The van der Waals surface area contributed by atoms with Gasteiger partial charge in [0.15, 0.2) is 0 Å². The molecule has 0 radical (unpaired) electrons. The van der Waals surface area contributed by atoms with Gasteiger partial charge >= 0.3 is 0 Å². The Morgan fingerprint density at radius 3 is 1.47 bits per heavy atom. The number of piperidine rings is 1. The fraction of sp³-hybridized carbons (Fsp3) is 0.196. The van der Waals surface area contributed by atoms with Crippen LogP contribution in [0.2, 0.25) is 0 Å². The summed E-state index contributed by atoms with van der Waals surface area (Å²) < 4.78 is 14.2. The summed E-state index contributed by atoms with van der Waals surface area (Å²) in [5.41, 5.74) is 19.3. The van der Waals surface area contributed by atoms with Gasteiger partial charge in [0.05, 0.1) is 97.0 Å². The van der Waals surface area contributed by atoms with Gasteiger partial charge in [0.2, 0.25) is 0 Å². The molecule has 0 amide bonds. The number of fused-ring (bicyclic) bond motifs is 7. The summed E-state index contributed by atoms with van der Waals surface area (Å²) >= 11 is 0. The molecule has 0 unspecified atom stereocenters. The van der Waals surface area contributed by atoms with Crippen LogP contribution in [0, 0.1) is 41.5 Å². The minimum atomic E-state index is 0.476. The molecule has 0 spiro atoms. The summed E-state index contributed by atoms with van der Waals surface area (Å²) in [5.74, 6) is 7.42. The Morgan fingerprint density at radius 2 is 0.936 bits per heavy atom. The van der Waals surface area contributed by atoms with E-state index in [1.54, 1.807) is 62.4 Å². The smallest absolute Gasteiger partial charge is 0.142 e. The quantitative estimate of drug-likeness (QED) is 0.0358. The Morgan fingerprint density at radius 1 is 0.448 bits per heavy atom. The number of likely N-dealkylation sites (tertiary alicyclic amines) is 1. The molecule has 1 fully saturated rings. The van der Waals surface area contributed by atoms with Gasteiger partial charge in [-0.3, -0.25) is 40.2 Å². The van der Waals surface area contributed by atoms with Gasteiger partial charge in [0, 0.05) is 159 Å². The maximum Gasteiger partial charge on any atom is 0.142 e. The van der Waals surface area contributed by atoms with E-state index in [0.29, 0.717) is 12.6 Å². The highest BCUT2D eigenvalue weighted by Crippen LogP contribution is 2.34. The van der Waals surface area contributed by atoms with Crippen molar-refractivity contribution in [2.75, 3.05) is 65.8 Å². The van der Waals surface area contributed by atoms with Crippen molar-refractivity contribution in [2.24, 2.45) is 7.05 Å². The number of anilines is 9. The number of rotatable bonds is 19. The van der Waals surface area contributed by atoms with Crippen molar-refractivity contribution in [3.8, 4) is 17.2 Å². The van der Waals surface area contributed by atoms with E-state index in [1.807, 2.05) is 181 Å². The van der Waals surface area contributed by atoms with Crippen LogP contribution in [-0.4, -0.2) is 166 Å². The number of ether oxygens (including phenoxy) is 2. The number of benzene rings is 5. The molecule has 11 N–H and O–H groups in total. The lowest BCUT2D eigenvalue weighted by Crippen LogP contribution is -2.38. The van der Waals surface area contributed by atoms with Gasteiger partial charge in [0.1, 0.15) is 64.9 Å². The van der Waals surface area contributed by atoms with Crippen LogP contribution in [0.1, 0.15) is 63.7 Å². The molecule has 125 heavy (non-hydrogen) atoms. The van der Waals surface area contributed by atoms with E-state index in [1.165, 1.54) is 17.5 Å². The molecule has 0 saturated carbocycles. The molecule has 0 atom stereocenters. The maximum atomic E-state index is 5.41. The fourth-order valence-electron chi connectivity index (χ4n) is 15.0. The lowest BCUT2D eigenvalue weighted by molar-refractivity contribution is 0.211. The lowest BCUT2D eigenvalue weighted by atomic mass is 10.0. The highest BCUT2D eigenvalue weighted by atomic mass is 16.5. The number of hydrogen-bond donors (Lipinski definition) is 11. The first-order valence-electron chi connectivity index (χ1n) is 40.7. The van der Waals surface area contributed by atoms with E-state index < -0.39 is 0 Å². The van der Waals surface area contributed by atoms with Crippen LogP contribution in [0.25, 0.3) is 82.0 Å². The Labute approximate surface area is 718 Å². The summed E-state index contributed by atoms with van der Waals surface area (Å²) in [6.45, 7) is 16.7. The van der Waals surface area contributed by atoms with Crippen LogP contribution in [0.3, 0.4) is 0 Å². The SMILES string of the molecule is COc1ccc(CNc2nccc3n[nH]c(C)c23)c(OC)c1.Cc1[nH]nc2ccnc(N(C)Cc3ccccc3)c12.Cc1[nH]nc2ccnc(NC3CCN(Cc4ccccc4)CC3)c12.Cc1[nH]nc2ccnc(Nc3ccc(-n4cncn4)cc3)c12.Cc1[nH]nc2ccnc(Nc3ccc4c(cnn4C)c3)c12.Cc1[nH]nc2ccnc(Nc3ccccn3)c12. The molecular formula is C92H95N31O2. The summed E-state index contributed by atoms with van der Waals surface area (Å²) in [7, 11) is 7.28. The molecule has 0 aliphatic carbocycles. The fourth-order valence-corrected chi connectivity index (χ4v) is 15.0. The van der Waals surface area contributed by atoms with Crippen LogP contribution in [0.5, 0.6) is 11.5 Å². The summed E-state index contributed by atoms with van der Waals surface area (Å²) in [6.07, 6.45) is 19.7. The third kappa shape index (κ3) is 19.5. The van der Waals surface area contributed by atoms with Crippen molar-refractivity contribution in [3.63, 3.8) is 0 Å². The predicted molar refractivity (Wildman–Crippen MR) is 492 cm³/mol. The molecule has 33 heteroatoms. The van der Waals surface area contributed by atoms with Gasteiger partial charge in [-0.25, -0.2) is 44.6 Å². The summed E-state index contributed by atoms with van der Waals surface area (Å²) in [4.78, 5) is 39.4. The summed E-state index contributed by atoms with van der Waals surface area (Å²) in [6, 6.07) is 58.5. The van der Waals surface area contributed by atoms with Gasteiger partial charge in [-0.05, 0) is 169 Å². The van der Waals surface area contributed by atoms with Crippen molar-refractivity contribution in [1.29, 1.82) is 0 Å². The molecule has 630 valence electrons. The predicted octanol–water partition coefficient (Wildman–Crippen LogP) is 17.0. The van der Waals surface area contributed by atoms with Crippen LogP contribution in [0.4, 0.5) is 52.1 Å². The van der Waals surface area contributed by atoms with E-state index in [0.717, 1.165) is 224 Å². The number of aromatic nitrogens is 24. The van der Waals surface area contributed by atoms with Crippen molar-refractivity contribution >= 4 is 128 Å². The molecule has 20 aromatic rings. The Balaban J connectivity index is 0.000000111. The van der Waals surface area contributed by atoms with Crippen molar-refractivity contribution < 1.29 is 9.47 Å². The Kier molecular flexibility index (Phi) is 25.5. The van der Waals surface area contributed by atoms with Crippen molar-refractivity contribution in [1.82, 2.24) is 126 Å². The molecule has 15 aromatic heterocycles. The molecule has 1 aliphatic heterocycles. The Bertz CT molecular complexity index is 6930. The summed E-state index contributed by atoms with van der Waals surface area (Å²) in [5, 5.41) is 76.1. The second-order valence-corrected chi connectivity index (χ2v) is 30.0. The van der Waals surface area contributed by atoms with Gasteiger partial charge in [0.25, 0.3) is 0 Å². The first-order valence-corrected chi connectivity index (χ1v) is 40.7. The second kappa shape index (κ2) is 38.6. The van der Waals surface area contributed by atoms with Crippen molar-refractivity contribution in [3.05, 3.63) is 289 Å². The van der Waals surface area contributed by atoms with Crippen LogP contribution in [-0.2, 0) is 26.7 Å². The molecule has 0 bridgehead atoms. The number of nitrogens with zero attached hydrogens (tertiary/aromatic N) is 20. The topological polar surface area (TPSA) is 396 Å². The molecule has 16 heterocycles. The van der Waals surface area contributed by atoms with Crippen LogP contribution < -0.4 is 41.0 Å². The average Bonchev–Trinajstić information content (AvgIpc) is 1.68. The van der Waals surface area contributed by atoms with E-state index >= 15 is 0 Å². The Hall–Kier alpha value is -16.1. The standard InChI is InChI=1S/C19H23N5.C16H18N4O2.C15H13N7.C15H14N6.C15H16N4.C12H11N5/c1-14-18-17(23-22-14)7-10-20-19(18)21-16-8-11-24(12-9-16)13-15-5-3-2-4-6-15;1-10-15-13(20-19-10)6-7-17-16(15)18-9-11-4-5-12(21-2)8-14(11)22-3;1-10-14-13(21-20-10)6-7-17-15(14)19-11-2-4-12(5-3-11)22-9-16-8-18-22;1-9-14-12(20-19-9)5-6-16-15(14)18-11-3-4-13-10(7-11)8-17-21(13)2;1-11-14-13(18-17-11)8-9-16-15(14)19(2)10-12-6-4-3-5-7-12;1-8-11-9(17-16-8)5-7-14-12(11)15-10-4-2-3-6-13-10/h2-7,10,16H,8-9,11-13H2,1H3,(H,20,21)(H,22,23);4-8H,9H2,1-3H3,(H,17,18)(H,19,20);2-9H,1H3,(H,17,19)(H,20,21);3-8H,1-2H3,(H,16,18)(H,19,20);3-9H,10H2,1-2H3,(H,17,18);2-7H,1H3,(H,16,17)(H,13,14,15). The minimum absolute atomic E-state index is 0.476. The number of aromatic amines is 6. The second-order valence-electron chi connectivity index (χ2n) is 30.0. The first kappa shape index (κ1) is 82.6. The average molecular weight is 1670 g/mol.